The third-order valence-corrected chi connectivity index (χ3v) is 4.78. The number of rotatable bonds is 7. The molecule has 0 saturated heterocycles. The van der Waals surface area contributed by atoms with Crippen LogP contribution in [0.5, 0.6) is 0 Å². The van der Waals surface area contributed by atoms with Gasteiger partial charge < -0.3 is 19.6 Å². The van der Waals surface area contributed by atoms with E-state index in [0.717, 1.165) is 0 Å². The van der Waals surface area contributed by atoms with E-state index < -0.39 is 0 Å². The number of aromatic nitrogens is 3. The normalized spacial score (nSPS) is 11.8. The van der Waals surface area contributed by atoms with Gasteiger partial charge in [-0.25, -0.2) is 0 Å². The van der Waals surface area contributed by atoms with Gasteiger partial charge in [0.25, 0.3) is 5.91 Å². The highest BCUT2D eigenvalue weighted by Crippen LogP contribution is 2.16. The molecule has 3 rings (SSSR count). The summed E-state index contributed by atoms with van der Waals surface area (Å²) in [5.41, 5.74) is 1.12. The van der Waals surface area contributed by atoms with Crippen molar-refractivity contribution in [1.29, 1.82) is 0 Å². The third kappa shape index (κ3) is 4.98. The van der Waals surface area contributed by atoms with Crippen molar-refractivity contribution in [2.45, 2.75) is 18.1 Å². The standard InChI is InChI=1S/C18H19N5O3S/c1-12(15-4-3-9-26-15)20-17(25)13-5-7-14(8-6-13)21-16(24)10-27-18-22-19-11-23(18)2/h3-9,11-12H,10H2,1-2H3,(H,20,25)(H,21,24)/t12-/m1/s1. The van der Waals surface area contributed by atoms with Crippen LogP contribution in [0.15, 0.2) is 58.6 Å². The zero-order chi connectivity index (χ0) is 19.2. The average Bonchev–Trinajstić information content (AvgIpc) is 3.32. The summed E-state index contributed by atoms with van der Waals surface area (Å²) in [4.78, 5) is 24.3. The lowest BCUT2D eigenvalue weighted by Crippen LogP contribution is -2.26. The Morgan fingerprint density at radius 1 is 1.26 bits per heavy atom. The maximum absolute atomic E-state index is 12.3. The molecule has 1 atom stereocenters. The molecular formula is C18H19N5O3S. The third-order valence-electron chi connectivity index (χ3n) is 3.75. The van der Waals surface area contributed by atoms with Gasteiger partial charge in [-0.2, -0.15) is 0 Å². The van der Waals surface area contributed by atoms with Gasteiger partial charge in [-0.05, 0) is 43.3 Å². The van der Waals surface area contributed by atoms with Crippen molar-refractivity contribution in [3.05, 3.63) is 60.3 Å². The highest BCUT2D eigenvalue weighted by Gasteiger charge is 2.13. The highest BCUT2D eigenvalue weighted by molar-refractivity contribution is 7.99. The molecule has 2 heterocycles. The minimum Gasteiger partial charge on any atom is -0.467 e. The molecule has 8 nitrogen and oxygen atoms in total. The van der Waals surface area contributed by atoms with Crippen molar-refractivity contribution >= 4 is 29.3 Å². The predicted octanol–water partition coefficient (Wildman–Crippen LogP) is 2.63. The minimum absolute atomic E-state index is 0.161. The highest BCUT2D eigenvalue weighted by atomic mass is 32.2. The summed E-state index contributed by atoms with van der Waals surface area (Å²) in [5.74, 6) is 0.531. The summed E-state index contributed by atoms with van der Waals surface area (Å²) in [6, 6.07) is 10.1. The molecule has 0 aliphatic carbocycles. The van der Waals surface area contributed by atoms with Crippen molar-refractivity contribution in [2.24, 2.45) is 7.05 Å². The van der Waals surface area contributed by atoms with E-state index in [1.807, 2.05) is 20.0 Å². The number of hydrogen-bond acceptors (Lipinski definition) is 6. The molecule has 140 valence electrons. The molecule has 9 heteroatoms. The fourth-order valence-corrected chi connectivity index (χ4v) is 3.01. The lowest BCUT2D eigenvalue weighted by Gasteiger charge is -2.12. The molecule has 0 saturated carbocycles. The molecule has 2 aromatic heterocycles. The minimum atomic E-state index is -0.232. The van der Waals surface area contributed by atoms with Gasteiger partial charge in [-0.15, -0.1) is 10.2 Å². The Hall–Kier alpha value is -3.07. The zero-order valence-electron chi connectivity index (χ0n) is 14.9. The Kier molecular flexibility index (Phi) is 5.92. The molecule has 27 heavy (non-hydrogen) atoms. The number of carbonyl (C=O) groups excluding carboxylic acids is 2. The summed E-state index contributed by atoms with van der Waals surface area (Å²) < 4.78 is 7.02. The van der Waals surface area contributed by atoms with E-state index in [-0.39, 0.29) is 23.6 Å². The second-order valence-corrected chi connectivity index (χ2v) is 6.79. The number of anilines is 1. The van der Waals surface area contributed by atoms with Gasteiger partial charge in [0.15, 0.2) is 5.16 Å². The first-order valence-corrected chi connectivity index (χ1v) is 9.22. The zero-order valence-corrected chi connectivity index (χ0v) is 15.7. The first kappa shape index (κ1) is 18.7. The van der Waals surface area contributed by atoms with Crippen LogP contribution in [-0.4, -0.2) is 32.3 Å². The quantitative estimate of drug-likeness (QED) is 0.606. The topological polar surface area (TPSA) is 102 Å². The van der Waals surface area contributed by atoms with Crippen LogP contribution in [0, 0.1) is 0 Å². The van der Waals surface area contributed by atoms with Crippen molar-refractivity contribution in [3.8, 4) is 0 Å². The van der Waals surface area contributed by atoms with Crippen LogP contribution in [-0.2, 0) is 11.8 Å². The Morgan fingerprint density at radius 2 is 2.04 bits per heavy atom. The van der Waals surface area contributed by atoms with Crippen LogP contribution in [0.3, 0.4) is 0 Å². The van der Waals surface area contributed by atoms with Gasteiger partial charge in [0.2, 0.25) is 5.91 Å². The monoisotopic (exact) mass is 385 g/mol. The van der Waals surface area contributed by atoms with Crippen LogP contribution in [0.2, 0.25) is 0 Å². The second-order valence-electron chi connectivity index (χ2n) is 5.85. The van der Waals surface area contributed by atoms with E-state index >= 15 is 0 Å². The lowest BCUT2D eigenvalue weighted by atomic mass is 10.1. The summed E-state index contributed by atoms with van der Waals surface area (Å²) in [6.07, 6.45) is 3.15. The van der Waals surface area contributed by atoms with Crippen molar-refractivity contribution in [3.63, 3.8) is 0 Å². The van der Waals surface area contributed by atoms with Gasteiger partial charge >= 0.3 is 0 Å². The molecule has 0 aliphatic heterocycles. The number of amides is 2. The number of aryl methyl sites for hydroxylation is 1. The van der Waals surface area contributed by atoms with E-state index in [9.17, 15) is 9.59 Å². The number of thioether (sulfide) groups is 1. The molecule has 0 unspecified atom stereocenters. The Balaban J connectivity index is 1.51. The molecule has 0 spiro atoms. The molecule has 0 bridgehead atoms. The average molecular weight is 385 g/mol. The Bertz CT molecular complexity index is 905. The van der Waals surface area contributed by atoms with Crippen LogP contribution >= 0.6 is 11.8 Å². The van der Waals surface area contributed by atoms with E-state index in [0.29, 0.717) is 22.2 Å². The maximum Gasteiger partial charge on any atom is 0.251 e. The van der Waals surface area contributed by atoms with Gasteiger partial charge in [0, 0.05) is 18.3 Å². The number of furan rings is 1. The first-order chi connectivity index (χ1) is 13.0. The number of hydrogen-bond donors (Lipinski definition) is 2. The van der Waals surface area contributed by atoms with Crippen LogP contribution in [0.1, 0.15) is 29.1 Å². The number of benzene rings is 1. The van der Waals surface area contributed by atoms with Gasteiger partial charge in [0.05, 0.1) is 18.1 Å². The van der Waals surface area contributed by atoms with Gasteiger partial charge in [0.1, 0.15) is 12.1 Å². The maximum atomic E-state index is 12.3. The van der Waals surface area contributed by atoms with E-state index in [1.165, 1.54) is 11.8 Å². The number of nitrogens with zero attached hydrogens (tertiary/aromatic N) is 3. The number of carbonyl (C=O) groups is 2. The fourth-order valence-electron chi connectivity index (χ4n) is 2.32. The Morgan fingerprint density at radius 3 is 2.67 bits per heavy atom. The summed E-state index contributed by atoms with van der Waals surface area (Å²) in [6.45, 7) is 1.85. The summed E-state index contributed by atoms with van der Waals surface area (Å²) in [7, 11) is 1.82. The first-order valence-electron chi connectivity index (χ1n) is 8.24. The summed E-state index contributed by atoms with van der Waals surface area (Å²) in [5, 5.41) is 14.0. The van der Waals surface area contributed by atoms with Gasteiger partial charge in [-0.3, -0.25) is 9.59 Å². The Labute approximate surface area is 160 Å². The van der Waals surface area contributed by atoms with Crippen molar-refractivity contribution in [1.82, 2.24) is 20.1 Å². The van der Waals surface area contributed by atoms with E-state index in [2.05, 4.69) is 20.8 Å². The fraction of sp³-hybridized carbons (Fsp3) is 0.222. The lowest BCUT2D eigenvalue weighted by molar-refractivity contribution is -0.113. The molecule has 1 aromatic carbocycles. The van der Waals surface area contributed by atoms with Crippen molar-refractivity contribution < 1.29 is 14.0 Å². The SMILES string of the molecule is C[C@@H](NC(=O)c1ccc(NC(=O)CSc2nncn2C)cc1)c1ccco1. The van der Waals surface area contributed by atoms with E-state index in [4.69, 9.17) is 4.42 Å². The van der Waals surface area contributed by atoms with Crippen LogP contribution in [0.25, 0.3) is 0 Å². The molecular weight excluding hydrogens is 366 g/mol. The van der Waals surface area contributed by atoms with E-state index in [1.54, 1.807) is 47.5 Å². The molecule has 0 aliphatic rings. The predicted molar refractivity (Wildman–Crippen MR) is 101 cm³/mol. The van der Waals surface area contributed by atoms with Gasteiger partial charge in [-0.1, -0.05) is 11.8 Å². The molecule has 0 fully saturated rings. The van der Waals surface area contributed by atoms with Crippen LogP contribution < -0.4 is 10.6 Å². The molecule has 2 N–H and O–H groups in total. The summed E-state index contributed by atoms with van der Waals surface area (Å²) >= 11 is 1.30. The molecule has 2 amide bonds. The smallest absolute Gasteiger partial charge is 0.251 e. The van der Waals surface area contributed by atoms with Crippen LogP contribution in [0.4, 0.5) is 5.69 Å². The number of nitrogens with one attached hydrogen (secondary N) is 2. The second kappa shape index (κ2) is 8.54. The largest absolute Gasteiger partial charge is 0.467 e. The molecule has 0 radical (unpaired) electrons. The molecule has 3 aromatic rings. The van der Waals surface area contributed by atoms with Crippen molar-refractivity contribution in [2.75, 3.05) is 11.1 Å².